The third-order valence-corrected chi connectivity index (χ3v) is 2.12. The van der Waals surface area contributed by atoms with Gasteiger partial charge in [-0.25, -0.2) is 4.98 Å². The largest absolute Gasteiger partial charge is 0.481 e. The van der Waals surface area contributed by atoms with Crippen LogP contribution < -0.4 is 0 Å². The molecule has 0 bridgehead atoms. The van der Waals surface area contributed by atoms with E-state index in [1.165, 1.54) is 6.07 Å². The molecule has 1 unspecified atom stereocenters. The second kappa shape index (κ2) is 4.37. The molecule has 0 saturated carbocycles. The fraction of sp³-hybridized carbons (Fsp3) is 0.333. The molecule has 1 rings (SSSR count). The molecule has 0 radical (unpaired) electrons. The SMILES string of the molecule is CCC(C(=O)O)c1cc(Cl)cnc1F. The summed E-state index contributed by atoms with van der Waals surface area (Å²) in [7, 11) is 0. The first-order valence-electron chi connectivity index (χ1n) is 4.10. The van der Waals surface area contributed by atoms with E-state index in [0.717, 1.165) is 6.20 Å². The van der Waals surface area contributed by atoms with Crippen LogP contribution in [0.3, 0.4) is 0 Å². The number of carboxylic acids is 1. The number of halogens is 2. The number of aromatic nitrogens is 1. The van der Waals surface area contributed by atoms with Crippen LogP contribution in [0.25, 0.3) is 0 Å². The number of pyridine rings is 1. The maximum atomic E-state index is 13.1. The highest BCUT2D eigenvalue weighted by Crippen LogP contribution is 2.24. The maximum absolute atomic E-state index is 13.1. The van der Waals surface area contributed by atoms with Gasteiger partial charge in [0.05, 0.1) is 10.9 Å². The third kappa shape index (κ3) is 2.20. The molecule has 0 aromatic carbocycles. The van der Waals surface area contributed by atoms with Gasteiger partial charge in [0.1, 0.15) is 0 Å². The van der Waals surface area contributed by atoms with Gasteiger partial charge < -0.3 is 5.11 Å². The van der Waals surface area contributed by atoms with E-state index in [-0.39, 0.29) is 10.6 Å². The molecule has 0 aliphatic heterocycles. The Kier molecular flexibility index (Phi) is 3.41. The monoisotopic (exact) mass is 217 g/mol. The van der Waals surface area contributed by atoms with Gasteiger partial charge in [-0.05, 0) is 12.5 Å². The third-order valence-electron chi connectivity index (χ3n) is 1.91. The van der Waals surface area contributed by atoms with E-state index in [1.54, 1.807) is 6.92 Å². The van der Waals surface area contributed by atoms with Crippen LogP contribution in [0.1, 0.15) is 24.8 Å². The van der Waals surface area contributed by atoms with Gasteiger partial charge in [0, 0.05) is 11.8 Å². The number of carboxylic acid groups (broad SMARTS) is 1. The van der Waals surface area contributed by atoms with Crippen molar-refractivity contribution in [3.05, 3.63) is 28.8 Å². The second-order valence-corrected chi connectivity index (χ2v) is 3.27. The van der Waals surface area contributed by atoms with Crippen molar-refractivity contribution in [2.24, 2.45) is 0 Å². The van der Waals surface area contributed by atoms with Crippen LogP contribution in [0.5, 0.6) is 0 Å². The molecule has 0 spiro atoms. The highest BCUT2D eigenvalue weighted by atomic mass is 35.5. The van der Waals surface area contributed by atoms with Crippen LogP contribution in [-0.4, -0.2) is 16.1 Å². The van der Waals surface area contributed by atoms with Crippen molar-refractivity contribution < 1.29 is 14.3 Å². The van der Waals surface area contributed by atoms with E-state index in [2.05, 4.69) is 4.98 Å². The van der Waals surface area contributed by atoms with Crippen LogP contribution in [0.15, 0.2) is 12.3 Å². The standard InChI is InChI=1S/C9H9ClFNO2/c1-2-6(9(13)14)7-3-5(10)4-12-8(7)11/h3-4,6H,2H2,1H3,(H,13,14). The summed E-state index contributed by atoms with van der Waals surface area (Å²) < 4.78 is 13.1. The maximum Gasteiger partial charge on any atom is 0.311 e. The fourth-order valence-corrected chi connectivity index (χ4v) is 1.38. The Morgan fingerprint density at radius 3 is 2.93 bits per heavy atom. The summed E-state index contributed by atoms with van der Waals surface area (Å²) in [5.74, 6) is -2.74. The van der Waals surface area contributed by atoms with E-state index < -0.39 is 17.8 Å². The van der Waals surface area contributed by atoms with E-state index in [9.17, 15) is 9.18 Å². The summed E-state index contributed by atoms with van der Waals surface area (Å²) in [6.07, 6.45) is 1.45. The van der Waals surface area contributed by atoms with Crippen LogP contribution in [-0.2, 0) is 4.79 Å². The summed E-state index contributed by atoms with van der Waals surface area (Å²) in [6, 6.07) is 1.30. The molecule has 5 heteroatoms. The Labute approximate surface area is 85.5 Å². The molecule has 3 nitrogen and oxygen atoms in total. The average Bonchev–Trinajstić information content (AvgIpc) is 2.11. The average molecular weight is 218 g/mol. The molecule has 0 fully saturated rings. The Balaban J connectivity index is 3.15. The van der Waals surface area contributed by atoms with Crippen LogP contribution in [0.2, 0.25) is 5.02 Å². The van der Waals surface area contributed by atoms with Crippen molar-refractivity contribution in [3.8, 4) is 0 Å². The number of carbonyl (C=O) groups is 1. The van der Waals surface area contributed by atoms with Gasteiger partial charge in [-0.15, -0.1) is 0 Å². The van der Waals surface area contributed by atoms with Crippen molar-refractivity contribution in [1.29, 1.82) is 0 Å². The summed E-state index contributed by atoms with van der Waals surface area (Å²) >= 11 is 5.60. The van der Waals surface area contributed by atoms with Gasteiger partial charge in [0.15, 0.2) is 0 Å². The topological polar surface area (TPSA) is 50.2 Å². The fourth-order valence-electron chi connectivity index (χ4n) is 1.21. The molecule has 0 aliphatic carbocycles. The summed E-state index contributed by atoms with van der Waals surface area (Å²) in [5, 5.41) is 9.04. The van der Waals surface area contributed by atoms with Crippen molar-refractivity contribution in [1.82, 2.24) is 4.98 Å². The Hall–Kier alpha value is -1.16. The minimum absolute atomic E-state index is 0.0347. The lowest BCUT2D eigenvalue weighted by atomic mass is 9.98. The summed E-state index contributed by atoms with van der Waals surface area (Å²) in [5.41, 5.74) is 0.0347. The molecule has 0 amide bonds. The molecular formula is C9H9ClFNO2. The number of hydrogen-bond acceptors (Lipinski definition) is 2. The lowest BCUT2D eigenvalue weighted by molar-refractivity contribution is -0.138. The number of aliphatic carboxylic acids is 1. The molecule has 1 aromatic heterocycles. The van der Waals surface area contributed by atoms with Crippen molar-refractivity contribution in [2.75, 3.05) is 0 Å². The van der Waals surface area contributed by atoms with E-state index in [4.69, 9.17) is 16.7 Å². The van der Waals surface area contributed by atoms with E-state index in [1.807, 2.05) is 0 Å². The van der Waals surface area contributed by atoms with Crippen LogP contribution in [0.4, 0.5) is 4.39 Å². The van der Waals surface area contributed by atoms with Crippen molar-refractivity contribution in [3.63, 3.8) is 0 Å². The molecular weight excluding hydrogens is 209 g/mol. The first-order chi connectivity index (χ1) is 6.56. The van der Waals surface area contributed by atoms with Crippen LogP contribution in [0, 0.1) is 5.95 Å². The van der Waals surface area contributed by atoms with Gasteiger partial charge in [0.25, 0.3) is 0 Å². The summed E-state index contributed by atoms with van der Waals surface area (Å²) in [4.78, 5) is 14.1. The van der Waals surface area contributed by atoms with E-state index >= 15 is 0 Å². The lowest BCUT2D eigenvalue weighted by Gasteiger charge is -2.10. The zero-order chi connectivity index (χ0) is 10.7. The predicted octanol–water partition coefficient (Wildman–Crippen LogP) is 2.45. The number of rotatable bonds is 3. The predicted molar refractivity (Wildman–Crippen MR) is 49.9 cm³/mol. The first-order valence-corrected chi connectivity index (χ1v) is 4.47. The quantitative estimate of drug-likeness (QED) is 0.792. The molecule has 14 heavy (non-hydrogen) atoms. The second-order valence-electron chi connectivity index (χ2n) is 2.83. The molecule has 1 atom stereocenters. The Morgan fingerprint density at radius 2 is 2.43 bits per heavy atom. The summed E-state index contributed by atoms with van der Waals surface area (Å²) in [6.45, 7) is 1.67. The minimum atomic E-state index is -1.07. The zero-order valence-corrected chi connectivity index (χ0v) is 8.25. The molecule has 1 heterocycles. The first kappa shape index (κ1) is 10.9. The van der Waals surface area contributed by atoms with Gasteiger partial charge in [-0.1, -0.05) is 18.5 Å². The number of nitrogens with zero attached hydrogens (tertiary/aromatic N) is 1. The highest BCUT2D eigenvalue weighted by molar-refractivity contribution is 6.30. The van der Waals surface area contributed by atoms with Gasteiger partial charge >= 0.3 is 5.97 Å². The zero-order valence-electron chi connectivity index (χ0n) is 7.50. The lowest BCUT2D eigenvalue weighted by Crippen LogP contribution is -2.12. The van der Waals surface area contributed by atoms with Crippen molar-refractivity contribution in [2.45, 2.75) is 19.3 Å². The Morgan fingerprint density at radius 1 is 1.79 bits per heavy atom. The van der Waals surface area contributed by atoms with Crippen molar-refractivity contribution >= 4 is 17.6 Å². The normalized spacial score (nSPS) is 12.5. The molecule has 1 N–H and O–H groups in total. The van der Waals surface area contributed by atoms with E-state index in [0.29, 0.717) is 6.42 Å². The highest BCUT2D eigenvalue weighted by Gasteiger charge is 2.22. The van der Waals surface area contributed by atoms with Gasteiger partial charge in [0.2, 0.25) is 5.95 Å². The number of hydrogen-bond donors (Lipinski definition) is 1. The molecule has 1 aromatic rings. The minimum Gasteiger partial charge on any atom is -0.481 e. The smallest absolute Gasteiger partial charge is 0.311 e. The molecule has 0 aliphatic rings. The Bertz CT molecular complexity index is 357. The van der Waals surface area contributed by atoms with Gasteiger partial charge in [-0.3, -0.25) is 4.79 Å². The van der Waals surface area contributed by atoms with Crippen LogP contribution >= 0.6 is 11.6 Å². The molecule has 0 saturated heterocycles. The van der Waals surface area contributed by atoms with Gasteiger partial charge in [-0.2, -0.15) is 4.39 Å². The molecule has 76 valence electrons.